The maximum absolute atomic E-state index is 11.4. The molecule has 0 unspecified atom stereocenters. The molecule has 1 aromatic carbocycles. The van der Waals surface area contributed by atoms with Gasteiger partial charge in [-0.25, -0.2) is 0 Å². The number of hydrogen-bond donors (Lipinski definition) is 0. The van der Waals surface area contributed by atoms with Crippen LogP contribution in [0, 0.1) is 5.92 Å². The van der Waals surface area contributed by atoms with Gasteiger partial charge in [-0.05, 0) is 37.3 Å². The van der Waals surface area contributed by atoms with E-state index in [1.807, 2.05) is 19.2 Å². The van der Waals surface area contributed by atoms with Gasteiger partial charge >= 0.3 is 0 Å². The fourth-order valence-corrected chi connectivity index (χ4v) is 3.60. The molecule has 1 saturated heterocycles. The standard InChI is InChI=1S/C20H28N4O3/c1-14(25)23(2)8-5-15-6-9-24(10-7-15)20-17-12-19(27-4)18(26-3)11-16(17)13-21-22-20/h11-13,15H,5-10H2,1-4H3. The van der Waals surface area contributed by atoms with Gasteiger partial charge in [0.15, 0.2) is 17.3 Å². The molecule has 7 nitrogen and oxygen atoms in total. The van der Waals surface area contributed by atoms with Gasteiger partial charge in [0.2, 0.25) is 5.91 Å². The molecule has 2 aromatic rings. The molecule has 1 aliphatic rings. The number of methoxy groups -OCH3 is 2. The van der Waals surface area contributed by atoms with E-state index < -0.39 is 0 Å². The Morgan fingerprint density at radius 3 is 2.52 bits per heavy atom. The normalized spacial score (nSPS) is 15.0. The van der Waals surface area contributed by atoms with Crippen LogP contribution in [0.4, 0.5) is 5.82 Å². The lowest BCUT2D eigenvalue weighted by atomic mass is 9.93. The first-order valence-corrected chi connectivity index (χ1v) is 9.37. The van der Waals surface area contributed by atoms with Crippen molar-refractivity contribution in [3.8, 4) is 11.5 Å². The number of piperidine rings is 1. The van der Waals surface area contributed by atoms with Gasteiger partial charge in [0.25, 0.3) is 0 Å². The van der Waals surface area contributed by atoms with Crippen LogP contribution in [0.1, 0.15) is 26.2 Å². The Kier molecular flexibility index (Phi) is 5.98. The lowest BCUT2D eigenvalue weighted by molar-refractivity contribution is -0.127. The summed E-state index contributed by atoms with van der Waals surface area (Å²) in [6, 6.07) is 3.92. The van der Waals surface area contributed by atoms with Crippen molar-refractivity contribution in [2.75, 3.05) is 45.8 Å². The van der Waals surface area contributed by atoms with Crippen molar-refractivity contribution in [3.05, 3.63) is 18.3 Å². The summed E-state index contributed by atoms with van der Waals surface area (Å²) in [6.07, 6.45) is 5.00. The summed E-state index contributed by atoms with van der Waals surface area (Å²) >= 11 is 0. The lowest BCUT2D eigenvalue weighted by Crippen LogP contribution is -2.36. The largest absolute Gasteiger partial charge is 0.493 e. The van der Waals surface area contributed by atoms with Gasteiger partial charge < -0.3 is 19.3 Å². The second-order valence-electron chi connectivity index (χ2n) is 7.12. The number of fused-ring (bicyclic) bond motifs is 1. The first-order chi connectivity index (χ1) is 13.0. The molecule has 0 bridgehead atoms. The first kappa shape index (κ1) is 19.2. The minimum absolute atomic E-state index is 0.128. The smallest absolute Gasteiger partial charge is 0.219 e. The van der Waals surface area contributed by atoms with Crippen LogP contribution in [0.25, 0.3) is 10.8 Å². The monoisotopic (exact) mass is 372 g/mol. The van der Waals surface area contributed by atoms with Crippen molar-refractivity contribution in [1.82, 2.24) is 15.1 Å². The maximum atomic E-state index is 11.4. The highest BCUT2D eigenvalue weighted by Crippen LogP contribution is 2.36. The Bertz CT molecular complexity index is 803. The van der Waals surface area contributed by atoms with Crippen LogP contribution < -0.4 is 14.4 Å². The van der Waals surface area contributed by atoms with Crippen molar-refractivity contribution in [2.24, 2.45) is 5.92 Å². The minimum atomic E-state index is 0.128. The van der Waals surface area contributed by atoms with Crippen LogP contribution in [-0.2, 0) is 4.79 Å². The van der Waals surface area contributed by atoms with Gasteiger partial charge in [0.05, 0.1) is 20.4 Å². The molecular weight excluding hydrogens is 344 g/mol. The van der Waals surface area contributed by atoms with Crippen LogP contribution >= 0.6 is 0 Å². The average Bonchev–Trinajstić information content (AvgIpc) is 2.70. The Hall–Kier alpha value is -2.57. The number of rotatable bonds is 6. The molecule has 0 radical (unpaired) electrons. The zero-order valence-electron chi connectivity index (χ0n) is 16.6. The fraction of sp³-hybridized carbons (Fsp3) is 0.550. The number of benzene rings is 1. The number of carbonyl (C=O) groups is 1. The van der Waals surface area contributed by atoms with Gasteiger partial charge in [0.1, 0.15) is 0 Å². The molecule has 1 amide bonds. The molecule has 0 saturated carbocycles. The summed E-state index contributed by atoms with van der Waals surface area (Å²) in [5, 5.41) is 10.6. The van der Waals surface area contributed by atoms with E-state index in [0.717, 1.165) is 55.5 Å². The second-order valence-corrected chi connectivity index (χ2v) is 7.12. The number of hydrogen-bond acceptors (Lipinski definition) is 6. The van der Waals surface area contributed by atoms with Gasteiger partial charge in [-0.3, -0.25) is 4.79 Å². The molecule has 0 N–H and O–H groups in total. The number of anilines is 1. The number of nitrogens with zero attached hydrogens (tertiary/aromatic N) is 4. The predicted octanol–water partition coefficient (Wildman–Crippen LogP) is 2.73. The second kappa shape index (κ2) is 8.41. The molecule has 0 aliphatic carbocycles. The summed E-state index contributed by atoms with van der Waals surface area (Å²) in [4.78, 5) is 15.5. The van der Waals surface area contributed by atoms with E-state index in [-0.39, 0.29) is 5.91 Å². The molecule has 146 valence electrons. The highest BCUT2D eigenvalue weighted by molar-refractivity contribution is 5.94. The van der Waals surface area contributed by atoms with Crippen molar-refractivity contribution < 1.29 is 14.3 Å². The minimum Gasteiger partial charge on any atom is -0.493 e. The van der Waals surface area contributed by atoms with E-state index in [2.05, 4.69) is 15.1 Å². The first-order valence-electron chi connectivity index (χ1n) is 9.37. The molecule has 1 aromatic heterocycles. The summed E-state index contributed by atoms with van der Waals surface area (Å²) < 4.78 is 10.8. The van der Waals surface area contributed by atoms with E-state index in [1.54, 1.807) is 32.2 Å². The van der Waals surface area contributed by atoms with E-state index in [9.17, 15) is 4.79 Å². The van der Waals surface area contributed by atoms with Crippen LogP contribution in [0.3, 0.4) is 0 Å². The van der Waals surface area contributed by atoms with Gasteiger partial charge in [-0.2, -0.15) is 5.10 Å². The fourth-order valence-electron chi connectivity index (χ4n) is 3.60. The van der Waals surface area contributed by atoms with E-state index in [4.69, 9.17) is 9.47 Å². The Labute approximate surface area is 160 Å². The van der Waals surface area contributed by atoms with Crippen LogP contribution in [0.2, 0.25) is 0 Å². The molecule has 0 atom stereocenters. The third-order valence-corrected chi connectivity index (χ3v) is 5.47. The third-order valence-electron chi connectivity index (χ3n) is 5.47. The molecule has 3 rings (SSSR count). The Morgan fingerprint density at radius 2 is 1.89 bits per heavy atom. The molecule has 1 aliphatic heterocycles. The van der Waals surface area contributed by atoms with E-state index in [1.165, 1.54) is 0 Å². The van der Waals surface area contributed by atoms with Crippen LogP contribution in [-0.4, -0.2) is 61.9 Å². The zero-order chi connectivity index (χ0) is 19.4. The van der Waals surface area contributed by atoms with Gasteiger partial charge in [-0.1, -0.05) is 0 Å². The summed E-state index contributed by atoms with van der Waals surface area (Å²) in [7, 11) is 5.14. The number of ether oxygens (including phenoxy) is 2. The number of aromatic nitrogens is 2. The molecule has 7 heteroatoms. The molecule has 27 heavy (non-hydrogen) atoms. The number of carbonyl (C=O) groups excluding carboxylic acids is 1. The highest BCUT2D eigenvalue weighted by atomic mass is 16.5. The predicted molar refractivity (Wildman–Crippen MR) is 106 cm³/mol. The van der Waals surface area contributed by atoms with Crippen LogP contribution in [0.15, 0.2) is 18.3 Å². The SMILES string of the molecule is COc1cc2cnnc(N3CCC(CCN(C)C(C)=O)CC3)c2cc1OC. The lowest BCUT2D eigenvalue weighted by Gasteiger charge is -2.33. The third kappa shape index (κ3) is 4.23. The van der Waals surface area contributed by atoms with Crippen LogP contribution in [0.5, 0.6) is 11.5 Å². The summed E-state index contributed by atoms with van der Waals surface area (Å²) in [5.74, 6) is 3.05. The summed E-state index contributed by atoms with van der Waals surface area (Å²) in [5.41, 5.74) is 0. The molecule has 0 spiro atoms. The highest BCUT2D eigenvalue weighted by Gasteiger charge is 2.23. The zero-order valence-corrected chi connectivity index (χ0v) is 16.6. The van der Waals surface area contributed by atoms with Crippen molar-refractivity contribution >= 4 is 22.5 Å². The quantitative estimate of drug-likeness (QED) is 0.777. The number of amides is 1. The molecule has 1 fully saturated rings. The topological polar surface area (TPSA) is 67.8 Å². The van der Waals surface area contributed by atoms with Gasteiger partial charge in [-0.15, -0.1) is 5.10 Å². The van der Waals surface area contributed by atoms with Crippen molar-refractivity contribution in [2.45, 2.75) is 26.2 Å². The molecular formula is C20H28N4O3. The van der Waals surface area contributed by atoms with Crippen molar-refractivity contribution in [1.29, 1.82) is 0 Å². The maximum Gasteiger partial charge on any atom is 0.219 e. The average molecular weight is 372 g/mol. The van der Waals surface area contributed by atoms with Gasteiger partial charge in [0, 0.05) is 44.4 Å². The van der Waals surface area contributed by atoms with E-state index >= 15 is 0 Å². The van der Waals surface area contributed by atoms with E-state index in [0.29, 0.717) is 17.4 Å². The van der Waals surface area contributed by atoms with Crippen molar-refractivity contribution in [3.63, 3.8) is 0 Å². The molecule has 2 heterocycles. The Balaban J connectivity index is 1.72. The summed E-state index contributed by atoms with van der Waals surface area (Å²) in [6.45, 7) is 4.32. The Morgan fingerprint density at radius 1 is 1.22 bits per heavy atom.